The summed E-state index contributed by atoms with van der Waals surface area (Å²) in [7, 11) is 1.79. The molecule has 0 radical (unpaired) electrons. The second-order valence-corrected chi connectivity index (χ2v) is 8.39. The summed E-state index contributed by atoms with van der Waals surface area (Å²) >= 11 is 1.66. The summed E-state index contributed by atoms with van der Waals surface area (Å²) in [6, 6.07) is 10.3. The first kappa shape index (κ1) is 24.0. The van der Waals surface area contributed by atoms with Gasteiger partial charge >= 0.3 is 0 Å². The van der Waals surface area contributed by atoms with E-state index in [1.54, 1.807) is 18.4 Å². The van der Waals surface area contributed by atoms with Gasteiger partial charge in [-0.1, -0.05) is 44.2 Å². The molecule has 0 saturated carbocycles. The van der Waals surface area contributed by atoms with Crippen molar-refractivity contribution in [2.24, 2.45) is 10.9 Å². The van der Waals surface area contributed by atoms with Crippen molar-refractivity contribution in [1.29, 1.82) is 0 Å². The topological polar surface area (TPSA) is 61.8 Å². The first-order valence-electron chi connectivity index (χ1n) is 9.92. The number of hydrogen-bond acceptors (Lipinski definition) is 5. The Labute approximate surface area is 195 Å². The highest BCUT2D eigenvalue weighted by atomic mass is 127. The van der Waals surface area contributed by atoms with Crippen LogP contribution in [-0.2, 0) is 11.3 Å². The first-order valence-corrected chi connectivity index (χ1v) is 10.8. The zero-order chi connectivity index (χ0) is 19.8. The van der Waals surface area contributed by atoms with Crippen LogP contribution in [-0.4, -0.2) is 61.8 Å². The van der Waals surface area contributed by atoms with Crippen molar-refractivity contribution in [3.63, 3.8) is 0 Å². The molecule has 160 valence electrons. The largest absolute Gasteiger partial charge is 0.374 e. The molecule has 8 heteroatoms. The van der Waals surface area contributed by atoms with E-state index in [1.165, 1.54) is 0 Å². The number of nitrogens with zero attached hydrogens (tertiary/aromatic N) is 3. The van der Waals surface area contributed by atoms with E-state index in [-0.39, 0.29) is 30.1 Å². The summed E-state index contributed by atoms with van der Waals surface area (Å²) in [5.74, 6) is 1.46. The highest BCUT2D eigenvalue weighted by molar-refractivity contribution is 14.0. The summed E-state index contributed by atoms with van der Waals surface area (Å²) in [6.45, 7) is 9.84. The van der Waals surface area contributed by atoms with Crippen LogP contribution in [0.1, 0.15) is 18.9 Å². The predicted molar refractivity (Wildman–Crippen MR) is 132 cm³/mol. The van der Waals surface area contributed by atoms with Crippen molar-refractivity contribution in [2.75, 3.05) is 39.8 Å². The highest BCUT2D eigenvalue weighted by Gasteiger charge is 2.21. The van der Waals surface area contributed by atoms with E-state index in [1.807, 2.05) is 18.2 Å². The number of benzene rings is 1. The molecule has 1 aromatic heterocycles. The normalized spacial score (nSPS) is 17.8. The second kappa shape index (κ2) is 12.5. The minimum Gasteiger partial charge on any atom is -0.374 e. The third-order valence-electron chi connectivity index (χ3n) is 4.60. The van der Waals surface area contributed by atoms with E-state index in [4.69, 9.17) is 9.72 Å². The van der Waals surface area contributed by atoms with Crippen LogP contribution in [0, 0.1) is 5.92 Å². The molecule has 29 heavy (non-hydrogen) atoms. The number of morpholine rings is 1. The average Bonchev–Trinajstić information content (AvgIpc) is 3.18. The number of guanidine groups is 1. The number of aromatic nitrogens is 1. The smallest absolute Gasteiger partial charge is 0.191 e. The van der Waals surface area contributed by atoms with Gasteiger partial charge in [0.25, 0.3) is 0 Å². The van der Waals surface area contributed by atoms with Crippen LogP contribution in [0.2, 0.25) is 0 Å². The number of aliphatic imine (C=N–C) groups is 1. The van der Waals surface area contributed by atoms with Gasteiger partial charge in [-0.3, -0.25) is 9.89 Å². The van der Waals surface area contributed by atoms with Gasteiger partial charge in [-0.2, -0.15) is 0 Å². The van der Waals surface area contributed by atoms with E-state index < -0.39 is 0 Å². The fourth-order valence-corrected chi connectivity index (χ4v) is 4.05. The number of nitrogens with one attached hydrogen (secondary N) is 2. The molecule has 0 bridgehead atoms. The minimum atomic E-state index is 0. The zero-order valence-electron chi connectivity index (χ0n) is 17.4. The molecule has 1 atom stereocenters. The molecule has 1 aliphatic rings. The number of halogens is 1. The Hall–Kier alpha value is -1.23. The maximum atomic E-state index is 5.90. The van der Waals surface area contributed by atoms with Crippen molar-refractivity contribution in [3.05, 3.63) is 40.7 Å². The molecule has 1 aromatic carbocycles. The monoisotopic (exact) mass is 529 g/mol. The fourth-order valence-electron chi connectivity index (χ4n) is 3.31. The van der Waals surface area contributed by atoms with Crippen molar-refractivity contribution < 1.29 is 4.74 Å². The molecule has 0 aliphatic carbocycles. The summed E-state index contributed by atoms with van der Waals surface area (Å²) < 4.78 is 5.90. The molecule has 0 spiro atoms. The van der Waals surface area contributed by atoms with Crippen LogP contribution in [0.4, 0.5) is 0 Å². The van der Waals surface area contributed by atoms with Gasteiger partial charge < -0.3 is 15.4 Å². The first-order chi connectivity index (χ1) is 13.6. The number of ether oxygens (including phenoxy) is 1. The SMILES string of the molecule is CN=C(NCc1nc(-c2ccccc2)cs1)NCC1CN(CC(C)C)CCO1.I. The molecule has 1 unspecified atom stereocenters. The van der Waals surface area contributed by atoms with Gasteiger partial charge in [0.2, 0.25) is 0 Å². The maximum Gasteiger partial charge on any atom is 0.191 e. The van der Waals surface area contributed by atoms with Crippen LogP contribution in [0.25, 0.3) is 11.3 Å². The second-order valence-electron chi connectivity index (χ2n) is 7.45. The van der Waals surface area contributed by atoms with Crippen molar-refractivity contribution in [2.45, 2.75) is 26.5 Å². The lowest BCUT2D eigenvalue weighted by Gasteiger charge is -2.34. The summed E-state index contributed by atoms with van der Waals surface area (Å²) in [5, 5.41) is 9.88. The van der Waals surface area contributed by atoms with E-state index in [9.17, 15) is 0 Å². The molecule has 6 nitrogen and oxygen atoms in total. The molecule has 2 heterocycles. The summed E-state index contributed by atoms with van der Waals surface area (Å²) in [4.78, 5) is 11.5. The standard InChI is InChI=1S/C21H31N5OS.HI/c1-16(2)13-26-9-10-27-18(14-26)11-23-21(22-3)24-12-20-25-19(15-28-20)17-7-5-4-6-8-17;/h4-8,15-16,18H,9-14H2,1-3H3,(H2,22,23,24);1H. The van der Waals surface area contributed by atoms with Gasteiger partial charge in [-0.05, 0) is 5.92 Å². The van der Waals surface area contributed by atoms with Crippen LogP contribution >= 0.6 is 35.3 Å². The summed E-state index contributed by atoms with van der Waals surface area (Å²) in [6.07, 6.45) is 0.190. The Morgan fingerprint density at radius 2 is 2.10 bits per heavy atom. The lowest BCUT2D eigenvalue weighted by Crippen LogP contribution is -2.50. The van der Waals surface area contributed by atoms with E-state index >= 15 is 0 Å². The molecule has 1 fully saturated rings. The Morgan fingerprint density at radius 3 is 2.83 bits per heavy atom. The van der Waals surface area contributed by atoms with E-state index in [0.29, 0.717) is 12.5 Å². The van der Waals surface area contributed by atoms with Gasteiger partial charge in [-0.25, -0.2) is 4.98 Å². The minimum absolute atomic E-state index is 0. The Balaban J connectivity index is 0.00000300. The Kier molecular flexibility index (Phi) is 10.3. The van der Waals surface area contributed by atoms with Gasteiger partial charge in [0.1, 0.15) is 5.01 Å². The molecule has 1 saturated heterocycles. The predicted octanol–water partition coefficient (Wildman–Crippen LogP) is 3.45. The van der Waals surface area contributed by atoms with Gasteiger partial charge in [-0.15, -0.1) is 35.3 Å². The van der Waals surface area contributed by atoms with Gasteiger partial charge in [0, 0.05) is 44.2 Å². The molecule has 1 aliphatic heterocycles. The third kappa shape index (κ3) is 7.84. The van der Waals surface area contributed by atoms with Crippen molar-refractivity contribution >= 4 is 41.3 Å². The third-order valence-corrected chi connectivity index (χ3v) is 5.44. The molecule has 2 aromatic rings. The molecular weight excluding hydrogens is 497 g/mol. The average molecular weight is 529 g/mol. The number of hydrogen-bond donors (Lipinski definition) is 2. The Bertz CT molecular complexity index is 753. The zero-order valence-corrected chi connectivity index (χ0v) is 20.6. The lowest BCUT2D eigenvalue weighted by molar-refractivity contribution is -0.0284. The van der Waals surface area contributed by atoms with Crippen molar-refractivity contribution in [3.8, 4) is 11.3 Å². The van der Waals surface area contributed by atoms with Gasteiger partial charge in [0.15, 0.2) is 5.96 Å². The van der Waals surface area contributed by atoms with Crippen LogP contribution < -0.4 is 10.6 Å². The fraction of sp³-hybridized carbons (Fsp3) is 0.524. The van der Waals surface area contributed by atoms with Crippen LogP contribution in [0.3, 0.4) is 0 Å². The van der Waals surface area contributed by atoms with Crippen LogP contribution in [0.15, 0.2) is 40.7 Å². The molecule has 3 rings (SSSR count). The van der Waals surface area contributed by atoms with Crippen molar-refractivity contribution in [1.82, 2.24) is 20.5 Å². The molecule has 2 N–H and O–H groups in total. The van der Waals surface area contributed by atoms with E-state index in [0.717, 1.165) is 55.0 Å². The quantitative estimate of drug-likeness (QED) is 0.327. The maximum absolute atomic E-state index is 5.90. The van der Waals surface area contributed by atoms with E-state index in [2.05, 4.69) is 51.9 Å². The molecule has 0 amide bonds. The Morgan fingerprint density at radius 1 is 1.31 bits per heavy atom. The lowest BCUT2D eigenvalue weighted by atomic mass is 10.2. The summed E-state index contributed by atoms with van der Waals surface area (Å²) in [5.41, 5.74) is 2.17. The highest BCUT2D eigenvalue weighted by Crippen LogP contribution is 2.21. The van der Waals surface area contributed by atoms with Crippen LogP contribution in [0.5, 0.6) is 0 Å². The van der Waals surface area contributed by atoms with Gasteiger partial charge in [0.05, 0.1) is 24.9 Å². The number of thiazole rings is 1. The molecular formula is C21H32IN5OS. The number of rotatable bonds is 7.